The van der Waals surface area contributed by atoms with E-state index >= 15 is 0 Å². The minimum absolute atomic E-state index is 0.124. The van der Waals surface area contributed by atoms with E-state index in [0.29, 0.717) is 29.9 Å². The summed E-state index contributed by atoms with van der Waals surface area (Å²) in [5.41, 5.74) is 4.48. The Balaban J connectivity index is 1.35. The Bertz CT molecular complexity index is 1270. The van der Waals surface area contributed by atoms with E-state index in [9.17, 15) is 14.4 Å². The maximum atomic E-state index is 13.2. The molecule has 0 radical (unpaired) electrons. The van der Waals surface area contributed by atoms with Crippen molar-refractivity contribution in [2.45, 2.75) is 26.3 Å². The number of carbonyl (C=O) groups is 3. The average Bonchev–Trinajstić information content (AvgIpc) is 3.38. The molecule has 2 aliphatic heterocycles. The first-order valence-corrected chi connectivity index (χ1v) is 11.1. The van der Waals surface area contributed by atoms with Crippen LogP contribution in [0.25, 0.3) is 0 Å². The first kappa shape index (κ1) is 20.9. The third kappa shape index (κ3) is 3.78. The predicted octanol–water partition coefficient (Wildman–Crippen LogP) is 4.43. The molecule has 1 atom stereocenters. The molecule has 1 fully saturated rings. The molecule has 2 aliphatic rings. The average molecular weight is 440 g/mol. The highest BCUT2D eigenvalue weighted by atomic mass is 16.2. The summed E-state index contributed by atoms with van der Waals surface area (Å²) >= 11 is 0. The Kier molecular flexibility index (Phi) is 5.21. The van der Waals surface area contributed by atoms with Gasteiger partial charge in [0.25, 0.3) is 17.7 Å². The van der Waals surface area contributed by atoms with Crippen LogP contribution in [-0.2, 0) is 0 Å². The SMILES string of the molecule is Cc1ccc(C)c(N2C(=O)c3ccc(C(=O)N4CCC(Nc5ccccc5)C4)cc3C2=O)c1. The fraction of sp³-hybridized carbons (Fsp3) is 0.222. The second-order valence-electron chi connectivity index (χ2n) is 8.74. The second-order valence-corrected chi connectivity index (χ2v) is 8.74. The number of para-hydroxylation sites is 1. The van der Waals surface area contributed by atoms with Crippen LogP contribution in [0, 0.1) is 13.8 Å². The molecule has 5 rings (SSSR count). The summed E-state index contributed by atoms with van der Waals surface area (Å²) in [7, 11) is 0. The van der Waals surface area contributed by atoms with Gasteiger partial charge in [0.05, 0.1) is 16.8 Å². The van der Waals surface area contributed by atoms with Crippen molar-refractivity contribution in [2.75, 3.05) is 23.3 Å². The van der Waals surface area contributed by atoms with Crippen molar-refractivity contribution in [2.24, 2.45) is 0 Å². The molecule has 0 aromatic heterocycles. The van der Waals surface area contributed by atoms with Crippen molar-refractivity contribution in [3.63, 3.8) is 0 Å². The van der Waals surface area contributed by atoms with Crippen molar-refractivity contribution in [1.29, 1.82) is 0 Å². The topological polar surface area (TPSA) is 69.7 Å². The summed E-state index contributed by atoms with van der Waals surface area (Å²) in [6.45, 7) is 5.03. The first-order valence-electron chi connectivity index (χ1n) is 11.1. The van der Waals surface area contributed by atoms with Crippen LogP contribution in [0.2, 0.25) is 0 Å². The molecule has 6 nitrogen and oxygen atoms in total. The van der Waals surface area contributed by atoms with Crippen molar-refractivity contribution < 1.29 is 14.4 Å². The molecule has 3 amide bonds. The number of carbonyl (C=O) groups excluding carboxylic acids is 3. The smallest absolute Gasteiger partial charge is 0.266 e. The quantitative estimate of drug-likeness (QED) is 0.611. The number of aryl methyl sites for hydroxylation is 2. The molecule has 0 saturated carbocycles. The fourth-order valence-corrected chi connectivity index (χ4v) is 4.57. The van der Waals surface area contributed by atoms with E-state index in [4.69, 9.17) is 0 Å². The molecule has 6 heteroatoms. The predicted molar refractivity (Wildman–Crippen MR) is 128 cm³/mol. The van der Waals surface area contributed by atoms with Crippen LogP contribution < -0.4 is 10.2 Å². The highest BCUT2D eigenvalue weighted by Gasteiger charge is 2.38. The van der Waals surface area contributed by atoms with Crippen LogP contribution in [0.5, 0.6) is 0 Å². The van der Waals surface area contributed by atoms with Gasteiger partial charge in [-0.05, 0) is 67.8 Å². The molecule has 1 saturated heterocycles. The van der Waals surface area contributed by atoms with Crippen LogP contribution in [-0.4, -0.2) is 41.8 Å². The van der Waals surface area contributed by atoms with Crippen molar-refractivity contribution >= 4 is 29.1 Å². The third-order valence-corrected chi connectivity index (χ3v) is 6.36. The lowest BCUT2D eigenvalue weighted by atomic mass is 10.0. The van der Waals surface area contributed by atoms with Gasteiger partial charge in [-0.25, -0.2) is 4.90 Å². The monoisotopic (exact) mass is 439 g/mol. The van der Waals surface area contributed by atoms with Crippen molar-refractivity contribution in [3.05, 3.63) is 94.5 Å². The zero-order valence-electron chi connectivity index (χ0n) is 18.7. The molecule has 0 spiro atoms. The molecule has 2 heterocycles. The second kappa shape index (κ2) is 8.20. The van der Waals surface area contributed by atoms with Gasteiger partial charge >= 0.3 is 0 Å². The minimum Gasteiger partial charge on any atom is -0.380 e. The number of amides is 3. The lowest BCUT2D eigenvalue weighted by molar-refractivity contribution is 0.0791. The molecule has 1 N–H and O–H groups in total. The summed E-state index contributed by atoms with van der Waals surface area (Å²) < 4.78 is 0. The van der Waals surface area contributed by atoms with Crippen molar-refractivity contribution in [1.82, 2.24) is 4.90 Å². The van der Waals surface area contributed by atoms with Gasteiger partial charge in [0.15, 0.2) is 0 Å². The fourth-order valence-electron chi connectivity index (χ4n) is 4.57. The lowest BCUT2D eigenvalue weighted by Crippen LogP contribution is -2.31. The Morgan fingerprint density at radius 3 is 2.45 bits per heavy atom. The van der Waals surface area contributed by atoms with E-state index in [0.717, 1.165) is 23.2 Å². The van der Waals surface area contributed by atoms with Gasteiger partial charge in [-0.1, -0.05) is 30.3 Å². The van der Waals surface area contributed by atoms with E-state index in [2.05, 4.69) is 5.32 Å². The molecule has 1 unspecified atom stereocenters. The number of nitrogens with zero attached hydrogens (tertiary/aromatic N) is 2. The molecule has 0 aliphatic carbocycles. The van der Waals surface area contributed by atoms with Gasteiger partial charge < -0.3 is 10.2 Å². The lowest BCUT2D eigenvalue weighted by Gasteiger charge is -2.18. The van der Waals surface area contributed by atoms with E-state index < -0.39 is 0 Å². The number of imide groups is 1. The summed E-state index contributed by atoms with van der Waals surface area (Å²) in [6, 6.07) is 20.6. The summed E-state index contributed by atoms with van der Waals surface area (Å²) in [4.78, 5) is 42.4. The normalized spacial score (nSPS) is 17.5. The number of fused-ring (bicyclic) bond motifs is 1. The van der Waals surface area contributed by atoms with E-state index in [1.54, 1.807) is 23.1 Å². The number of hydrogen-bond acceptors (Lipinski definition) is 4. The first-order chi connectivity index (χ1) is 15.9. The molecule has 166 valence electrons. The molecule has 3 aromatic carbocycles. The molecular formula is C27H25N3O3. The Morgan fingerprint density at radius 2 is 1.67 bits per heavy atom. The minimum atomic E-state index is -0.386. The zero-order chi connectivity index (χ0) is 23.1. The van der Waals surface area contributed by atoms with Gasteiger partial charge in [0.1, 0.15) is 0 Å². The van der Waals surface area contributed by atoms with Crippen LogP contribution in [0.1, 0.15) is 48.6 Å². The largest absolute Gasteiger partial charge is 0.380 e. The Morgan fingerprint density at radius 1 is 0.909 bits per heavy atom. The van der Waals surface area contributed by atoms with Crippen molar-refractivity contribution in [3.8, 4) is 0 Å². The number of hydrogen-bond donors (Lipinski definition) is 1. The molecule has 33 heavy (non-hydrogen) atoms. The Hall–Kier alpha value is -3.93. The van der Waals surface area contributed by atoms with Crippen LogP contribution in [0.3, 0.4) is 0 Å². The number of likely N-dealkylation sites (tertiary alicyclic amines) is 1. The number of rotatable bonds is 4. The van der Waals surface area contributed by atoms with Gasteiger partial charge in [0, 0.05) is 30.4 Å². The van der Waals surface area contributed by atoms with E-state index in [-0.39, 0.29) is 29.3 Å². The maximum absolute atomic E-state index is 13.2. The summed E-state index contributed by atoms with van der Waals surface area (Å²) in [5.74, 6) is -0.861. The van der Waals surface area contributed by atoms with Crippen LogP contribution in [0.15, 0.2) is 66.7 Å². The third-order valence-electron chi connectivity index (χ3n) is 6.36. The van der Waals surface area contributed by atoms with Gasteiger partial charge in [-0.15, -0.1) is 0 Å². The molecular weight excluding hydrogens is 414 g/mol. The van der Waals surface area contributed by atoms with E-state index in [1.165, 1.54) is 4.90 Å². The van der Waals surface area contributed by atoms with Gasteiger partial charge in [-0.3, -0.25) is 14.4 Å². The zero-order valence-corrected chi connectivity index (χ0v) is 18.7. The standard InChI is InChI=1S/C27H25N3O3/c1-17-8-9-18(2)24(14-17)30-26(32)22-11-10-19(15-23(22)27(30)33)25(31)29-13-12-21(16-29)28-20-6-4-3-5-7-20/h3-11,14-15,21,28H,12-13,16H2,1-2H3. The number of benzene rings is 3. The van der Waals surface area contributed by atoms with Crippen LogP contribution >= 0.6 is 0 Å². The molecule has 0 bridgehead atoms. The summed E-state index contributed by atoms with van der Waals surface area (Å²) in [5, 5.41) is 3.47. The highest BCUT2D eigenvalue weighted by Crippen LogP contribution is 2.32. The highest BCUT2D eigenvalue weighted by molar-refractivity contribution is 6.35. The molecule has 3 aromatic rings. The summed E-state index contributed by atoms with van der Waals surface area (Å²) in [6.07, 6.45) is 0.851. The number of anilines is 2. The Labute approximate surface area is 192 Å². The number of nitrogens with one attached hydrogen (secondary N) is 1. The van der Waals surface area contributed by atoms with Crippen LogP contribution in [0.4, 0.5) is 11.4 Å². The van der Waals surface area contributed by atoms with Gasteiger partial charge in [-0.2, -0.15) is 0 Å². The van der Waals surface area contributed by atoms with E-state index in [1.807, 2.05) is 62.4 Å². The van der Waals surface area contributed by atoms with Gasteiger partial charge in [0.2, 0.25) is 0 Å². The maximum Gasteiger partial charge on any atom is 0.266 e.